The fourth-order valence-corrected chi connectivity index (χ4v) is 3.04. The molecule has 3 rings (SSSR count). The molecule has 0 aromatic carbocycles. The minimum atomic E-state index is -0.633. The average Bonchev–Trinajstić information content (AvgIpc) is 3.17. The summed E-state index contributed by atoms with van der Waals surface area (Å²) < 4.78 is 6.44. The molecule has 0 unspecified atom stereocenters. The maximum atomic E-state index is 12.4. The van der Waals surface area contributed by atoms with Gasteiger partial charge in [0.1, 0.15) is 6.26 Å². The second-order valence-electron chi connectivity index (χ2n) is 6.25. The summed E-state index contributed by atoms with van der Waals surface area (Å²) >= 11 is 0. The molecule has 1 aliphatic rings. The first kappa shape index (κ1) is 17.6. The van der Waals surface area contributed by atoms with Gasteiger partial charge in [0.15, 0.2) is 5.69 Å². The maximum Gasteiger partial charge on any atom is 0.276 e. The van der Waals surface area contributed by atoms with Crippen LogP contribution in [0.5, 0.6) is 0 Å². The van der Waals surface area contributed by atoms with Crippen molar-refractivity contribution in [3.05, 3.63) is 35.5 Å². The SMILES string of the molecule is Cc1nn(CCO)cc1CN1CCN(C(=O)c2ccon2)C[C@@H](O)C1. The van der Waals surface area contributed by atoms with Crippen LogP contribution in [0.15, 0.2) is 23.0 Å². The molecule has 9 nitrogen and oxygen atoms in total. The average molecular weight is 349 g/mol. The highest BCUT2D eigenvalue weighted by Gasteiger charge is 2.26. The Morgan fingerprint density at radius 2 is 2.24 bits per heavy atom. The molecule has 1 fully saturated rings. The van der Waals surface area contributed by atoms with Gasteiger partial charge in [0.05, 0.1) is 24.9 Å². The third-order valence-electron chi connectivity index (χ3n) is 4.30. The Morgan fingerprint density at radius 1 is 1.40 bits per heavy atom. The number of aliphatic hydroxyl groups is 2. The van der Waals surface area contributed by atoms with Gasteiger partial charge in [0, 0.05) is 50.6 Å². The smallest absolute Gasteiger partial charge is 0.276 e. The molecule has 3 heterocycles. The molecule has 1 saturated heterocycles. The molecule has 1 atom stereocenters. The highest BCUT2D eigenvalue weighted by molar-refractivity contribution is 5.92. The van der Waals surface area contributed by atoms with E-state index in [1.807, 2.05) is 13.1 Å². The van der Waals surface area contributed by atoms with Gasteiger partial charge in [-0.2, -0.15) is 5.10 Å². The summed E-state index contributed by atoms with van der Waals surface area (Å²) in [6, 6.07) is 1.52. The van der Waals surface area contributed by atoms with E-state index in [4.69, 9.17) is 9.63 Å². The molecule has 0 spiro atoms. The van der Waals surface area contributed by atoms with E-state index in [9.17, 15) is 9.90 Å². The number of carbonyl (C=O) groups excluding carboxylic acids is 1. The lowest BCUT2D eigenvalue weighted by Gasteiger charge is -2.20. The number of carbonyl (C=O) groups is 1. The summed E-state index contributed by atoms with van der Waals surface area (Å²) in [5.74, 6) is -0.235. The summed E-state index contributed by atoms with van der Waals surface area (Å²) in [4.78, 5) is 16.1. The van der Waals surface area contributed by atoms with Gasteiger partial charge in [-0.05, 0) is 6.92 Å². The number of hydrogen-bond donors (Lipinski definition) is 2. The van der Waals surface area contributed by atoms with Gasteiger partial charge in [0.2, 0.25) is 0 Å². The Hall–Kier alpha value is -2.23. The normalized spacial score (nSPS) is 19.2. The standard InChI is InChI=1S/C16H23N5O4/c1-12-13(9-21(17-12)5-6-22)8-19-3-4-20(11-14(23)10-19)16(24)15-2-7-25-18-15/h2,7,9,14,22-23H,3-6,8,10-11H2,1H3/t14-/m0/s1. The number of rotatable bonds is 5. The van der Waals surface area contributed by atoms with Crippen LogP contribution in [-0.4, -0.2) is 79.7 Å². The van der Waals surface area contributed by atoms with Gasteiger partial charge >= 0.3 is 0 Å². The first-order valence-corrected chi connectivity index (χ1v) is 8.30. The number of β-amino-alcohol motifs (C(OH)–C–C–N with tert-alkyl or cyclic N) is 1. The quantitative estimate of drug-likeness (QED) is 0.748. The van der Waals surface area contributed by atoms with Crippen molar-refractivity contribution in [3.8, 4) is 0 Å². The van der Waals surface area contributed by atoms with Gasteiger partial charge < -0.3 is 19.6 Å². The van der Waals surface area contributed by atoms with Crippen LogP contribution in [0.3, 0.4) is 0 Å². The molecule has 25 heavy (non-hydrogen) atoms. The van der Waals surface area contributed by atoms with Crippen LogP contribution in [0.2, 0.25) is 0 Å². The molecular weight excluding hydrogens is 326 g/mol. The zero-order chi connectivity index (χ0) is 17.8. The van der Waals surface area contributed by atoms with E-state index in [0.29, 0.717) is 32.7 Å². The number of aliphatic hydroxyl groups excluding tert-OH is 2. The van der Waals surface area contributed by atoms with Crippen molar-refractivity contribution < 1.29 is 19.5 Å². The molecule has 136 valence electrons. The predicted molar refractivity (Wildman–Crippen MR) is 87.7 cm³/mol. The van der Waals surface area contributed by atoms with E-state index in [0.717, 1.165) is 11.3 Å². The molecule has 0 aliphatic carbocycles. The number of aryl methyl sites for hydroxylation is 1. The first-order valence-electron chi connectivity index (χ1n) is 8.30. The fourth-order valence-electron chi connectivity index (χ4n) is 3.04. The Morgan fingerprint density at radius 3 is 2.96 bits per heavy atom. The van der Waals surface area contributed by atoms with E-state index in [1.165, 1.54) is 12.3 Å². The van der Waals surface area contributed by atoms with E-state index in [2.05, 4.69) is 15.2 Å². The third kappa shape index (κ3) is 4.25. The number of hydrogen-bond acceptors (Lipinski definition) is 7. The van der Waals surface area contributed by atoms with Crippen molar-refractivity contribution in [2.75, 3.05) is 32.8 Å². The molecule has 9 heteroatoms. The van der Waals surface area contributed by atoms with Crippen molar-refractivity contribution >= 4 is 5.91 Å². The van der Waals surface area contributed by atoms with Crippen molar-refractivity contribution in [2.45, 2.75) is 26.1 Å². The summed E-state index contributed by atoms with van der Waals surface area (Å²) in [6.45, 7) is 4.97. The van der Waals surface area contributed by atoms with Crippen LogP contribution in [0.4, 0.5) is 0 Å². The summed E-state index contributed by atoms with van der Waals surface area (Å²) in [5, 5.41) is 27.3. The molecular formula is C16H23N5O4. The second kappa shape index (κ2) is 7.77. The highest BCUT2D eigenvalue weighted by atomic mass is 16.5. The van der Waals surface area contributed by atoms with Crippen LogP contribution in [0.1, 0.15) is 21.7 Å². The zero-order valence-electron chi connectivity index (χ0n) is 14.2. The summed E-state index contributed by atoms with van der Waals surface area (Å²) in [5.41, 5.74) is 2.21. The minimum Gasteiger partial charge on any atom is -0.394 e. The fraction of sp³-hybridized carbons (Fsp3) is 0.562. The van der Waals surface area contributed by atoms with Gasteiger partial charge in [-0.1, -0.05) is 5.16 Å². The Balaban J connectivity index is 1.64. The lowest BCUT2D eigenvalue weighted by molar-refractivity contribution is 0.0653. The van der Waals surface area contributed by atoms with Crippen LogP contribution in [0, 0.1) is 6.92 Å². The first-order chi connectivity index (χ1) is 12.1. The van der Waals surface area contributed by atoms with E-state index in [1.54, 1.807) is 9.58 Å². The molecule has 2 aromatic heterocycles. The van der Waals surface area contributed by atoms with Crippen LogP contribution in [0.25, 0.3) is 0 Å². The maximum absolute atomic E-state index is 12.4. The molecule has 2 aromatic rings. The predicted octanol–water partition coefficient (Wildman–Crippen LogP) is -0.509. The second-order valence-corrected chi connectivity index (χ2v) is 6.25. The lowest BCUT2D eigenvalue weighted by Crippen LogP contribution is -2.37. The molecule has 2 N–H and O–H groups in total. The summed E-state index contributed by atoms with van der Waals surface area (Å²) in [6.07, 6.45) is 2.65. The molecule has 1 aliphatic heterocycles. The Labute approximate surface area is 145 Å². The van der Waals surface area contributed by atoms with E-state index in [-0.39, 0.29) is 24.8 Å². The Bertz CT molecular complexity index is 699. The van der Waals surface area contributed by atoms with Gasteiger partial charge in [-0.3, -0.25) is 14.4 Å². The summed E-state index contributed by atoms with van der Waals surface area (Å²) in [7, 11) is 0. The van der Waals surface area contributed by atoms with Gasteiger partial charge in [0.25, 0.3) is 5.91 Å². The van der Waals surface area contributed by atoms with Crippen molar-refractivity contribution in [3.63, 3.8) is 0 Å². The van der Waals surface area contributed by atoms with Crippen LogP contribution >= 0.6 is 0 Å². The zero-order valence-corrected chi connectivity index (χ0v) is 14.2. The highest BCUT2D eigenvalue weighted by Crippen LogP contribution is 2.14. The number of nitrogens with zero attached hydrogens (tertiary/aromatic N) is 5. The number of amides is 1. The van der Waals surface area contributed by atoms with E-state index < -0.39 is 6.10 Å². The molecule has 0 bridgehead atoms. The molecule has 0 radical (unpaired) electrons. The van der Waals surface area contributed by atoms with Crippen molar-refractivity contribution in [2.24, 2.45) is 0 Å². The van der Waals surface area contributed by atoms with Gasteiger partial charge in [-0.25, -0.2) is 0 Å². The monoisotopic (exact) mass is 349 g/mol. The van der Waals surface area contributed by atoms with Crippen LogP contribution < -0.4 is 0 Å². The molecule has 1 amide bonds. The largest absolute Gasteiger partial charge is 0.394 e. The number of aromatic nitrogens is 3. The third-order valence-corrected chi connectivity index (χ3v) is 4.30. The van der Waals surface area contributed by atoms with E-state index >= 15 is 0 Å². The van der Waals surface area contributed by atoms with Gasteiger partial charge in [-0.15, -0.1) is 0 Å². The minimum absolute atomic E-state index is 0.0438. The van der Waals surface area contributed by atoms with Crippen molar-refractivity contribution in [1.82, 2.24) is 24.7 Å². The Kier molecular flexibility index (Phi) is 5.47. The molecule has 0 saturated carbocycles. The topological polar surface area (TPSA) is 108 Å². The van der Waals surface area contributed by atoms with Crippen molar-refractivity contribution in [1.29, 1.82) is 0 Å². The van der Waals surface area contributed by atoms with Crippen LogP contribution in [-0.2, 0) is 13.1 Å². The lowest BCUT2D eigenvalue weighted by atomic mass is 10.2.